The zero-order valence-electron chi connectivity index (χ0n) is 5.13. The molecule has 2 N–H and O–H groups in total. The van der Waals surface area contributed by atoms with Gasteiger partial charge in [-0.3, -0.25) is 0 Å². The molecule has 0 aliphatic carbocycles. The van der Waals surface area contributed by atoms with E-state index >= 15 is 0 Å². The van der Waals surface area contributed by atoms with Gasteiger partial charge in [-0.2, -0.15) is 8.42 Å². The molecule has 62 valence electrons. The van der Waals surface area contributed by atoms with Gasteiger partial charge in [-0.05, 0) is 6.08 Å². The summed E-state index contributed by atoms with van der Waals surface area (Å²) in [6.07, 6.45) is 0.838. The van der Waals surface area contributed by atoms with Gasteiger partial charge in [0.15, 0.2) is 5.04 Å². The van der Waals surface area contributed by atoms with Crippen LogP contribution in [0.4, 0.5) is 0 Å². The van der Waals surface area contributed by atoms with E-state index in [1.54, 1.807) is 0 Å². The third-order valence-corrected chi connectivity index (χ3v) is 2.75. The number of rotatable bonds is 0. The van der Waals surface area contributed by atoms with Crippen LogP contribution >= 0.6 is 0 Å². The van der Waals surface area contributed by atoms with Crippen molar-refractivity contribution in [3.8, 4) is 0 Å². The normalized spacial score (nSPS) is 21.7. The number of hydrogen-bond acceptors (Lipinski definition) is 4. The Morgan fingerprint density at radius 3 is 2.18 bits per heavy atom. The lowest BCUT2D eigenvalue weighted by Gasteiger charge is -1.88. The standard InChI is InChI=1S/C3H4N2O4S2/c4-11(8,9)3-1-2-10(6,7)5-3/h1-2H,(H2,4,8,9). The van der Waals surface area contributed by atoms with E-state index in [0.717, 1.165) is 6.08 Å². The summed E-state index contributed by atoms with van der Waals surface area (Å²) < 4.78 is 44.7. The smallest absolute Gasteiger partial charge is 0.223 e. The van der Waals surface area contributed by atoms with Crippen molar-refractivity contribution in [2.45, 2.75) is 0 Å². The van der Waals surface area contributed by atoms with Crippen molar-refractivity contribution < 1.29 is 16.8 Å². The van der Waals surface area contributed by atoms with Crippen LogP contribution in [0.3, 0.4) is 0 Å². The average molecular weight is 196 g/mol. The van der Waals surface area contributed by atoms with Crippen molar-refractivity contribution >= 4 is 25.1 Å². The molecule has 0 radical (unpaired) electrons. The maximum absolute atomic E-state index is 10.5. The monoisotopic (exact) mass is 196 g/mol. The molecule has 0 saturated carbocycles. The Kier molecular flexibility index (Phi) is 1.62. The first-order valence-corrected chi connectivity index (χ1v) is 5.42. The minimum atomic E-state index is -3.99. The number of sulfonamides is 2. The lowest BCUT2D eigenvalue weighted by atomic mass is 10.7. The highest BCUT2D eigenvalue weighted by molar-refractivity contribution is 8.06. The van der Waals surface area contributed by atoms with E-state index in [1.165, 1.54) is 0 Å². The minimum Gasteiger partial charge on any atom is -0.223 e. The van der Waals surface area contributed by atoms with Gasteiger partial charge >= 0.3 is 0 Å². The van der Waals surface area contributed by atoms with Crippen molar-refractivity contribution in [2.24, 2.45) is 9.54 Å². The van der Waals surface area contributed by atoms with E-state index in [0.29, 0.717) is 5.41 Å². The molecule has 0 spiro atoms. The molecule has 11 heavy (non-hydrogen) atoms. The average Bonchev–Trinajstić information content (AvgIpc) is 2.07. The largest absolute Gasteiger partial charge is 0.276 e. The number of nitrogens with zero attached hydrogens (tertiary/aromatic N) is 1. The molecule has 0 aromatic heterocycles. The number of primary sulfonamides is 1. The van der Waals surface area contributed by atoms with E-state index in [4.69, 9.17) is 0 Å². The molecular weight excluding hydrogens is 192 g/mol. The first-order valence-electron chi connectivity index (χ1n) is 2.37. The molecule has 0 aromatic carbocycles. The number of nitrogens with two attached hydrogens (primary N) is 1. The highest BCUT2D eigenvalue weighted by atomic mass is 32.2. The Morgan fingerprint density at radius 2 is 2.00 bits per heavy atom. The predicted molar refractivity (Wildman–Crippen MR) is 38.6 cm³/mol. The molecule has 1 aliphatic rings. The Balaban J connectivity index is 3.30. The molecule has 1 rings (SSSR count). The molecule has 1 aliphatic heterocycles. The fourth-order valence-corrected chi connectivity index (χ4v) is 2.22. The molecule has 0 fully saturated rings. The fourth-order valence-electron chi connectivity index (χ4n) is 0.477. The van der Waals surface area contributed by atoms with Gasteiger partial charge in [0.2, 0.25) is 0 Å². The van der Waals surface area contributed by atoms with Crippen molar-refractivity contribution in [1.82, 2.24) is 0 Å². The summed E-state index contributed by atoms with van der Waals surface area (Å²) in [6, 6.07) is 0. The Labute approximate surface area is 63.5 Å². The lowest BCUT2D eigenvalue weighted by molar-refractivity contribution is 0.604. The zero-order chi connectivity index (χ0) is 8.70. The van der Waals surface area contributed by atoms with Crippen molar-refractivity contribution in [2.75, 3.05) is 0 Å². The van der Waals surface area contributed by atoms with Gasteiger partial charge in [-0.15, -0.1) is 4.40 Å². The summed E-state index contributed by atoms with van der Waals surface area (Å²) >= 11 is 0. The summed E-state index contributed by atoms with van der Waals surface area (Å²) in [5.74, 6) is 0. The van der Waals surface area contributed by atoms with E-state index in [2.05, 4.69) is 9.54 Å². The Bertz CT molecular complexity index is 426. The van der Waals surface area contributed by atoms with Crippen molar-refractivity contribution in [3.63, 3.8) is 0 Å². The van der Waals surface area contributed by atoms with Gasteiger partial charge in [0, 0.05) is 0 Å². The first kappa shape index (κ1) is 8.37. The van der Waals surface area contributed by atoms with Gasteiger partial charge < -0.3 is 0 Å². The van der Waals surface area contributed by atoms with Crippen LogP contribution in [0.15, 0.2) is 15.9 Å². The number of hydrogen-bond donors (Lipinski definition) is 1. The maximum Gasteiger partial charge on any atom is 0.276 e. The molecular formula is C3H4N2O4S2. The molecule has 0 unspecified atom stereocenters. The zero-order valence-corrected chi connectivity index (χ0v) is 6.76. The second-order valence-electron chi connectivity index (χ2n) is 1.79. The SMILES string of the molecule is NS(=O)(=O)C1=NS(=O)(=O)C=C1. The Hall–Kier alpha value is -0.730. The summed E-state index contributed by atoms with van der Waals surface area (Å²) in [5.41, 5.74) is 0. The van der Waals surface area contributed by atoms with Gasteiger partial charge in [0.25, 0.3) is 20.0 Å². The van der Waals surface area contributed by atoms with Crippen LogP contribution in [0, 0.1) is 0 Å². The van der Waals surface area contributed by atoms with E-state index < -0.39 is 25.1 Å². The third-order valence-electron chi connectivity index (χ3n) is 0.891. The second-order valence-corrected chi connectivity index (χ2v) is 4.79. The maximum atomic E-state index is 10.5. The molecule has 0 saturated heterocycles. The van der Waals surface area contributed by atoms with Crippen LogP contribution in [0.1, 0.15) is 0 Å². The van der Waals surface area contributed by atoms with E-state index in [1.807, 2.05) is 0 Å². The van der Waals surface area contributed by atoms with Crippen LogP contribution in [0.25, 0.3) is 0 Å². The van der Waals surface area contributed by atoms with Gasteiger partial charge in [-0.25, -0.2) is 13.6 Å². The quantitative estimate of drug-likeness (QED) is 0.510. The van der Waals surface area contributed by atoms with Crippen LogP contribution in [-0.4, -0.2) is 21.9 Å². The summed E-state index contributed by atoms with van der Waals surface area (Å²) in [7, 11) is -7.72. The third kappa shape index (κ3) is 1.85. The first-order chi connectivity index (χ1) is 4.81. The summed E-state index contributed by atoms with van der Waals surface area (Å²) in [5, 5.41) is 4.63. The van der Waals surface area contributed by atoms with Crippen molar-refractivity contribution in [3.05, 3.63) is 11.5 Å². The summed E-state index contributed by atoms with van der Waals surface area (Å²) in [6.45, 7) is 0. The molecule has 0 atom stereocenters. The topological polar surface area (TPSA) is 107 Å². The van der Waals surface area contributed by atoms with Crippen LogP contribution in [0.5, 0.6) is 0 Å². The van der Waals surface area contributed by atoms with E-state index in [-0.39, 0.29) is 0 Å². The minimum absolute atomic E-state index is 0.627. The lowest BCUT2D eigenvalue weighted by Crippen LogP contribution is -2.20. The predicted octanol–water partition coefficient (Wildman–Crippen LogP) is -1.47. The van der Waals surface area contributed by atoms with E-state index in [9.17, 15) is 16.8 Å². The molecule has 8 heteroatoms. The van der Waals surface area contributed by atoms with Gasteiger partial charge in [0.1, 0.15) is 0 Å². The van der Waals surface area contributed by atoms with Crippen LogP contribution in [0.2, 0.25) is 0 Å². The van der Waals surface area contributed by atoms with Crippen LogP contribution in [-0.2, 0) is 20.0 Å². The second kappa shape index (κ2) is 2.13. The Morgan fingerprint density at radius 1 is 1.45 bits per heavy atom. The molecule has 1 heterocycles. The molecule has 6 nitrogen and oxygen atoms in total. The van der Waals surface area contributed by atoms with Gasteiger partial charge in [0.05, 0.1) is 5.41 Å². The summed E-state index contributed by atoms with van der Waals surface area (Å²) in [4.78, 5) is 0. The molecule has 0 bridgehead atoms. The highest BCUT2D eigenvalue weighted by Gasteiger charge is 2.20. The van der Waals surface area contributed by atoms with Crippen molar-refractivity contribution in [1.29, 1.82) is 0 Å². The van der Waals surface area contributed by atoms with Gasteiger partial charge in [-0.1, -0.05) is 0 Å². The molecule has 0 amide bonds. The highest BCUT2D eigenvalue weighted by Crippen LogP contribution is 2.07. The fraction of sp³-hybridized carbons (Fsp3) is 0. The molecule has 0 aromatic rings. The van der Waals surface area contributed by atoms with Crippen LogP contribution < -0.4 is 5.14 Å².